The number of thiazole rings is 1. The summed E-state index contributed by atoms with van der Waals surface area (Å²) in [7, 11) is 0. The molecule has 0 bridgehead atoms. The molecule has 0 spiro atoms. The van der Waals surface area contributed by atoms with Crippen LogP contribution < -0.4 is 5.32 Å². The Morgan fingerprint density at radius 1 is 1.08 bits per heavy atom. The third-order valence-corrected chi connectivity index (χ3v) is 4.28. The highest BCUT2D eigenvalue weighted by Gasteiger charge is 2.11. The SMILES string of the molecule is N#C/C(=C\c1csc(-c2ccc(F)cc2)n1)C(=O)Nc1ccc(F)cc1. The van der Waals surface area contributed by atoms with E-state index in [1.54, 1.807) is 17.5 Å². The number of halogens is 2. The van der Waals surface area contributed by atoms with Crippen LogP contribution in [0.5, 0.6) is 0 Å². The maximum absolute atomic E-state index is 13.0. The van der Waals surface area contributed by atoms with E-state index in [-0.39, 0.29) is 11.4 Å². The Balaban J connectivity index is 1.78. The monoisotopic (exact) mass is 367 g/mol. The van der Waals surface area contributed by atoms with Crippen LogP contribution in [-0.4, -0.2) is 10.9 Å². The molecule has 0 fully saturated rings. The lowest BCUT2D eigenvalue weighted by atomic mass is 10.2. The fraction of sp³-hybridized carbons (Fsp3) is 0. The van der Waals surface area contributed by atoms with Gasteiger partial charge in [0, 0.05) is 16.6 Å². The lowest BCUT2D eigenvalue weighted by Crippen LogP contribution is -2.13. The zero-order valence-corrected chi connectivity index (χ0v) is 14.1. The van der Waals surface area contributed by atoms with Crippen molar-refractivity contribution in [2.24, 2.45) is 0 Å². The number of aromatic nitrogens is 1. The fourth-order valence-electron chi connectivity index (χ4n) is 2.11. The molecule has 0 aliphatic heterocycles. The van der Waals surface area contributed by atoms with Gasteiger partial charge in [-0.3, -0.25) is 4.79 Å². The number of hydrogen-bond acceptors (Lipinski definition) is 4. The number of carbonyl (C=O) groups is 1. The molecular weight excluding hydrogens is 356 g/mol. The van der Waals surface area contributed by atoms with Crippen LogP contribution in [-0.2, 0) is 4.79 Å². The van der Waals surface area contributed by atoms with E-state index in [9.17, 15) is 18.8 Å². The number of hydrogen-bond donors (Lipinski definition) is 1. The molecule has 2 aromatic carbocycles. The molecule has 4 nitrogen and oxygen atoms in total. The Labute approximate surface area is 152 Å². The van der Waals surface area contributed by atoms with Crippen LogP contribution in [0.1, 0.15) is 5.69 Å². The Bertz CT molecular complexity index is 1000. The van der Waals surface area contributed by atoms with Crippen LogP contribution in [0.2, 0.25) is 0 Å². The van der Waals surface area contributed by atoms with Gasteiger partial charge in [-0.25, -0.2) is 13.8 Å². The second-order valence-corrected chi connectivity index (χ2v) is 6.07. The highest BCUT2D eigenvalue weighted by Crippen LogP contribution is 2.25. The van der Waals surface area contributed by atoms with Gasteiger partial charge in [-0.1, -0.05) is 0 Å². The number of nitrogens with one attached hydrogen (secondary N) is 1. The second-order valence-electron chi connectivity index (χ2n) is 5.22. The Hall–Kier alpha value is -3.37. The maximum Gasteiger partial charge on any atom is 0.266 e. The number of nitrogens with zero attached hydrogens (tertiary/aromatic N) is 2. The number of anilines is 1. The van der Waals surface area contributed by atoms with Crippen molar-refractivity contribution in [2.75, 3.05) is 5.32 Å². The fourth-order valence-corrected chi connectivity index (χ4v) is 2.89. The first-order valence-electron chi connectivity index (χ1n) is 7.45. The molecule has 0 aliphatic carbocycles. The van der Waals surface area contributed by atoms with Gasteiger partial charge in [-0.15, -0.1) is 11.3 Å². The lowest BCUT2D eigenvalue weighted by molar-refractivity contribution is -0.112. The summed E-state index contributed by atoms with van der Waals surface area (Å²) in [4.78, 5) is 16.5. The summed E-state index contributed by atoms with van der Waals surface area (Å²) >= 11 is 1.32. The van der Waals surface area contributed by atoms with E-state index < -0.39 is 11.7 Å². The van der Waals surface area contributed by atoms with Crippen molar-refractivity contribution in [1.82, 2.24) is 4.98 Å². The molecule has 7 heteroatoms. The molecule has 3 aromatic rings. The maximum atomic E-state index is 13.0. The van der Waals surface area contributed by atoms with Crippen molar-refractivity contribution in [3.8, 4) is 16.6 Å². The number of amides is 1. The zero-order chi connectivity index (χ0) is 18.5. The third-order valence-electron chi connectivity index (χ3n) is 3.37. The molecule has 0 atom stereocenters. The molecule has 26 heavy (non-hydrogen) atoms. The first kappa shape index (κ1) is 17.5. The normalized spacial score (nSPS) is 11.0. The van der Waals surface area contributed by atoms with E-state index in [2.05, 4.69) is 10.3 Å². The first-order chi connectivity index (χ1) is 12.5. The molecule has 1 heterocycles. The molecule has 0 radical (unpaired) electrons. The number of rotatable bonds is 4. The number of carbonyl (C=O) groups excluding carboxylic acids is 1. The van der Waals surface area contributed by atoms with Crippen LogP contribution in [0.25, 0.3) is 16.6 Å². The van der Waals surface area contributed by atoms with Crippen LogP contribution >= 0.6 is 11.3 Å². The highest BCUT2D eigenvalue weighted by atomic mass is 32.1. The topological polar surface area (TPSA) is 65.8 Å². The molecule has 1 N–H and O–H groups in total. The third kappa shape index (κ3) is 4.18. The Morgan fingerprint density at radius 2 is 1.69 bits per heavy atom. The molecule has 0 saturated carbocycles. The summed E-state index contributed by atoms with van der Waals surface area (Å²) in [5.41, 5.74) is 1.43. The van der Waals surface area contributed by atoms with E-state index in [0.717, 1.165) is 5.56 Å². The van der Waals surface area contributed by atoms with Crippen molar-refractivity contribution >= 4 is 29.0 Å². The van der Waals surface area contributed by atoms with E-state index in [0.29, 0.717) is 16.4 Å². The standard InChI is InChI=1S/C19H11F2N3OS/c20-14-3-1-12(2-4-14)19-24-17(11-26-19)9-13(10-22)18(25)23-16-7-5-15(21)6-8-16/h1-9,11H,(H,23,25)/b13-9+. The van der Waals surface area contributed by atoms with Gasteiger partial charge in [0.1, 0.15) is 28.3 Å². The summed E-state index contributed by atoms with van der Waals surface area (Å²) < 4.78 is 25.9. The first-order valence-corrected chi connectivity index (χ1v) is 8.33. The van der Waals surface area contributed by atoms with Crippen molar-refractivity contribution in [3.05, 3.63) is 76.8 Å². The van der Waals surface area contributed by atoms with Crippen molar-refractivity contribution in [3.63, 3.8) is 0 Å². The lowest BCUT2D eigenvalue weighted by Gasteiger charge is -2.03. The van der Waals surface area contributed by atoms with Crippen molar-refractivity contribution in [2.45, 2.75) is 0 Å². The molecule has 128 valence electrons. The van der Waals surface area contributed by atoms with Gasteiger partial charge < -0.3 is 5.32 Å². The van der Waals surface area contributed by atoms with Crippen molar-refractivity contribution in [1.29, 1.82) is 5.26 Å². The summed E-state index contributed by atoms with van der Waals surface area (Å²) in [6.07, 6.45) is 1.36. The van der Waals surface area contributed by atoms with Crippen molar-refractivity contribution < 1.29 is 13.6 Å². The Kier molecular flexibility index (Phi) is 5.15. The summed E-state index contributed by atoms with van der Waals surface area (Å²) in [5, 5.41) is 14.1. The van der Waals surface area contributed by atoms with Gasteiger partial charge in [0.15, 0.2) is 0 Å². The zero-order valence-electron chi connectivity index (χ0n) is 13.2. The van der Waals surface area contributed by atoms with Gasteiger partial charge in [0.05, 0.1) is 5.69 Å². The van der Waals surface area contributed by atoms with Crippen LogP contribution in [0.4, 0.5) is 14.5 Å². The van der Waals surface area contributed by atoms with Crippen LogP contribution in [0.15, 0.2) is 59.5 Å². The molecule has 0 aliphatic rings. The minimum absolute atomic E-state index is 0.134. The average Bonchev–Trinajstić information content (AvgIpc) is 3.11. The molecular formula is C19H11F2N3OS. The van der Waals surface area contributed by atoms with Gasteiger partial charge in [-0.05, 0) is 54.6 Å². The quantitative estimate of drug-likeness (QED) is 0.540. The molecule has 0 unspecified atom stereocenters. The number of nitriles is 1. The minimum Gasteiger partial charge on any atom is -0.321 e. The summed E-state index contributed by atoms with van der Waals surface area (Å²) in [5.74, 6) is -1.38. The number of benzene rings is 2. The van der Waals surface area contributed by atoms with E-state index in [4.69, 9.17) is 0 Å². The van der Waals surface area contributed by atoms with Crippen LogP contribution in [0, 0.1) is 23.0 Å². The van der Waals surface area contributed by atoms with E-state index in [1.807, 2.05) is 6.07 Å². The van der Waals surface area contributed by atoms with E-state index in [1.165, 1.54) is 53.8 Å². The minimum atomic E-state index is -0.615. The molecule has 3 rings (SSSR count). The largest absolute Gasteiger partial charge is 0.321 e. The van der Waals surface area contributed by atoms with Gasteiger partial charge in [0.2, 0.25) is 0 Å². The summed E-state index contributed by atoms with van der Waals surface area (Å²) in [6, 6.07) is 12.9. The molecule has 1 amide bonds. The molecule has 1 aromatic heterocycles. The van der Waals surface area contributed by atoms with Gasteiger partial charge in [0.25, 0.3) is 5.91 Å². The molecule has 0 saturated heterocycles. The van der Waals surface area contributed by atoms with Gasteiger partial charge in [-0.2, -0.15) is 5.26 Å². The predicted molar refractivity (Wildman–Crippen MR) is 96.1 cm³/mol. The summed E-state index contributed by atoms with van der Waals surface area (Å²) in [6.45, 7) is 0. The smallest absolute Gasteiger partial charge is 0.266 e. The highest BCUT2D eigenvalue weighted by molar-refractivity contribution is 7.13. The van der Waals surface area contributed by atoms with Gasteiger partial charge >= 0.3 is 0 Å². The van der Waals surface area contributed by atoms with E-state index >= 15 is 0 Å². The Morgan fingerprint density at radius 3 is 2.31 bits per heavy atom. The predicted octanol–water partition coefficient (Wildman–Crippen LogP) is 4.63. The second kappa shape index (κ2) is 7.68. The average molecular weight is 367 g/mol. The van der Waals surface area contributed by atoms with Crippen LogP contribution in [0.3, 0.4) is 0 Å².